The quantitative estimate of drug-likeness (QED) is 0.415. The number of hydrogen-bond donors (Lipinski definition) is 2. The van der Waals surface area contributed by atoms with E-state index >= 15 is 0 Å². The first-order valence-corrected chi connectivity index (χ1v) is 9.52. The van der Waals surface area contributed by atoms with Crippen LogP contribution in [0.3, 0.4) is 0 Å². The van der Waals surface area contributed by atoms with Crippen molar-refractivity contribution in [2.75, 3.05) is 19.5 Å². The molecule has 0 spiro atoms. The Morgan fingerprint density at radius 2 is 1.90 bits per heavy atom. The number of unbranched alkanes of at least 4 members (excludes halogenated alkanes) is 1. The molecule has 3 rings (SSSR count). The van der Waals surface area contributed by atoms with E-state index in [-0.39, 0.29) is 23.8 Å². The lowest BCUT2D eigenvalue weighted by Crippen LogP contribution is -2.06. The normalized spacial score (nSPS) is 11.0. The number of methoxy groups -OCH3 is 1. The van der Waals surface area contributed by atoms with Gasteiger partial charge in [0.05, 0.1) is 20.3 Å². The second-order valence-corrected chi connectivity index (χ2v) is 6.66. The van der Waals surface area contributed by atoms with Gasteiger partial charge in [-0.25, -0.2) is 0 Å². The topological polar surface area (TPSA) is 125 Å². The molecule has 0 saturated heterocycles. The zero-order valence-electron chi connectivity index (χ0n) is 16.6. The van der Waals surface area contributed by atoms with Crippen LogP contribution < -0.4 is 10.5 Å². The zero-order chi connectivity index (χ0) is 20.8. The van der Waals surface area contributed by atoms with Gasteiger partial charge in [-0.2, -0.15) is 15.0 Å². The number of rotatable bonds is 9. The van der Waals surface area contributed by atoms with E-state index in [2.05, 4.69) is 26.6 Å². The van der Waals surface area contributed by atoms with E-state index in [4.69, 9.17) is 10.5 Å². The Morgan fingerprint density at radius 3 is 2.59 bits per heavy atom. The van der Waals surface area contributed by atoms with E-state index in [1.165, 1.54) is 7.11 Å². The summed E-state index contributed by atoms with van der Waals surface area (Å²) < 4.78 is 11.8. The van der Waals surface area contributed by atoms with Crippen molar-refractivity contribution in [1.29, 1.82) is 0 Å². The molecule has 0 aliphatic carbocycles. The number of ether oxygens (including phenoxy) is 2. The van der Waals surface area contributed by atoms with Gasteiger partial charge in [0.1, 0.15) is 0 Å². The van der Waals surface area contributed by atoms with Crippen molar-refractivity contribution in [3.63, 3.8) is 0 Å². The van der Waals surface area contributed by atoms with Crippen LogP contribution in [0.15, 0.2) is 24.3 Å². The number of nitrogens with two attached hydrogens (primary N) is 1. The highest BCUT2D eigenvalue weighted by Gasteiger charge is 2.17. The maximum absolute atomic E-state index is 11.3. The van der Waals surface area contributed by atoms with Gasteiger partial charge in [-0.05, 0) is 24.0 Å². The van der Waals surface area contributed by atoms with E-state index in [9.17, 15) is 9.90 Å². The van der Waals surface area contributed by atoms with Crippen molar-refractivity contribution in [3.8, 4) is 12.0 Å². The molecule has 3 N–H and O–H groups in total. The largest absolute Gasteiger partial charge is 0.480 e. The second kappa shape index (κ2) is 9.22. The Balaban J connectivity index is 1.80. The van der Waals surface area contributed by atoms with E-state index < -0.39 is 0 Å². The lowest BCUT2D eigenvalue weighted by molar-refractivity contribution is -0.140. The number of aryl methyl sites for hydroxylation is 1. The smallest absolute Gasteiger partial charge is 0.320 e. The molecule has 2 aromatic heterocycles. The Bertz CT molecular complexity index is 985. The molecule has 0 unspecified atom stereocenters. The minimum atomic E-state index is -0.238. The Kier molecular flexibility index (Phi) is 6.48. The number of carbonyl (C=O) groups is 1. The Morgan fingerprint density at radius 1 is 1.17 bits per heavy atom. The van der Waals surface area contributed by atoms with Crippen LogP contribution in [0, 0.1) is 0 Å². The van der Waals surface area contributed by atoms with E-state index in [0.717, 1.165) is 24.0 Å². The van der Waals surface area contributed by atoms with Gasteiger partial charge in [0.2, 0.25) is 0 Å². The van der Waals surface area contributed by atoms with Crippen LogP contribution in [0.25, 0.3) is 11.2 Å². The van der Waals surface area contributed by atoms with Crippen LogP contribution >= 0.6 is 0 Å². The number of imidazole rings is 1. The first-order valence-electron chi connectivity index (χ1n) is 9.52. The van der Waals surface area contributed by atoms with E-state index in [1.54, 1.807) is 4.57 Å². The first-order chi connectivity index (χ1) is 14.0. The molecular formula is C20H25N5O4. The van der Waals surface area contributed by atoms with Crippen molar-refractivity contribution in [2.24, 2.45) is 0 Å². The van der Waals surface area contributed by atoms with Gasteiger partial charge < -0.3 is 20.3 Å². The summed E-state index contributed by atoms with van der Waals surface area (Å²) in [5.74, 6) is -0.0770. The number of aromatic nitrogens is 4. The SMILES string of the molecule is CCCCOc1nc(N)c2nc(O)n(Cc3ccc(CCC(=O)OC)cc3)c2n1. The van der Waals surface area contributed by atoms with Crippen molar-refractivity contribution in [2.45, 2.75) is 39.2 Å². The van der Waals surface area contributed by atoms with Gasteiger partial charge in [0, 0.05) is 6.42 Å². The molecule has 0 fully saturated rings. The third kappa shape index (κ3) is 4.92. The summed E-state index contributed by atoms with van der Waals surface area (Å²) in [7, 11) is 1.38. The first kappa shape index (κ1) is 20.4. The van der Waals surface area contributed by atoms with Crippen LogP contribution in [0.2, 0.25) is 0 Å². The van der Waals surface area contributed by atoms with Crippen molar-refractivity contribution in [1.82, 2.24) is 19.5 Å². The van der Waals surface area contributed by atoms with E-state index in [0.29, 0.717) is 37.2 Å². The van der Waals surface area contributed by atoms with Gasteiger partial charge in [-0.15, -0.1) is 0 Å². The molecule has 1 aromatic carbocycles. The molecule has 0 atom stereocenters. The molecule has 9 heteroatoms. The number of aromatic hydroxyl groups is 1. The fourth-order valence-electron chi connectivity index (χ4n) is 2.85. The minimum Gasteiger partial charge on any atom is -0.480 e. The maximum atomic E-state index is 11.3. The third-order valence-corrected chi connectivity index (χ3v) is 4.52. The summed E-state index contributed by atoms with van der Waals surface area (Å²) in [5, 5.41) is 10.3. The van der Waals surface area contributed by atoms with Crippen LogP contribution in [-0.4, -0.2) is 44.3 Å². The zero-order valence-corrected chi connectivity index (χ0v) is 16.6. The predicted octanol–water partition coefficient (Wildman–Crippen LogP) is 2.45. The standard InChI is InChI=1S/C20H25N5O4/c1-3-4-11-29-19-23-17(21)16-18(24-19)25(20(27)22-16)12-14-7-5-13(6-8-14)9-10-15(26)28-2/h5-8H,3-4,9-12H2,1-2H3,(H,22,27)(H2,21,23,24). The van der Waals surface area contributed by atoms with Crippen LogP contribution in [0.4, 0.5) is 5.82 Å². The summed E-state index contributed by atoms with van der Waals surface area (Å²) >= 11 is 0. The average Bonchev–Trinajstić information content (AvgIpc) is 3.03. The number of carbonyl (C=O) groups excluding carboxylic acids is 1. The highest BCUT2D eigenvalue weighted by atomic mass is 16.5. The van der Waals surface area contributed by atoms with Crippen molar-refractivity contribution in [3.05, 3.63) is 35.4 Å². The summed E-state index contributed by atoms with van der Waals surface area (Å²) in [6, 6.07) is 7.72. The second-order valence-electron chi connectivity index (χ2n) is 6.66. The third-order valence-electron chi connectivity index (χ3n) is 4.52. The molecule has 0 radical (unpaired) electrons. The number of nitrogen functional groups attached to an aromatic ring is 1. The molecule has 2 heterocycles. The number of esters is 1. The summed E-state index contributed by atoms with van der Waals surface area (Å²) in [6.07, 6.45) is 2.81. The monoisotopic (exact) mass is 399 g/mol. The molecule has 0 amide bonds. The summed E-state index contributed by atoms with van der Waals surface area (Å²) in [4.78, 5) is 23.8. The molecule has 0 aliphatic heterocycles. The number of fused-ring (bicyclic) bond motifs is 1. The van der Waals surface area contributed by atoms with Gasteiger partial charge in [0.25, 0.3) is 6.01 Å². The van der Waals surface area contributed by atoms with Gasteiger partial charge >= 0.3 is 12.0 Å². The Labute approximate surface area is 168 Å². The highest BCUT2D eigenvalue weighted by Crippen LogP contribution is 2.26. The number of anilines is 1. The highest BCUT2D eigenvalue weighted by molar-refractivity contribution is 5.83. The van der Waals surface area contributed by atoms with Crippen molar-refractivity contribution >= 4 is 23.0 Å². The number of hydrogen-bond acceptors (Lipinski definition) is 8. The molecule has 29 heavy (non-hydrogen) atoms. The molecule has 3 aromatic rings. The predicted molar refractivity (Wildman–Crippen MR) is 108 cm³/mol. The summed E-state index contributed by atoms with van der Waals surface area (Å²) in [6.45, 7) is 2.91. The van der Waals surface area contributed by atoms with Crippen molar-refractivity contribution < 1.29 is 19.4 Å². The average molecular weight is 399 g/mol. The number of benzene rings is 1. The molecular weight excluding hydrogens is 374 g/mol. The molecule has 154 valence electrons. The molecule has 0 aliphatic rings. The lowest BCUT2D eigenvalue weighted by atomic mass is 10.1. The minimum absolute atomic E-state index is 0.161. The lowest BCUT2D eigenvalue weighted by Gasteiger charge is -2.08. The fraction of sp³-hybridized carbons (Fsp3) is 0.400. The van der Waals surface area contributed by atoms with Crippen LogP contribution in [0.5, 0.6) is 12.0 Å². The van der Waals surface area contributed by atoms with Gasteiger partial charge in [-0.3, -0.25) is 9.36 Å². The maximum Gasteiger partial charge on any atom is 0.320 e. The van der Waals surface area contributed by atoms with Crippen LogP contribution in [-0.2, 0) is 22.5 Å². The molecule has 0 bridgehead atoms. The summed E-state index contributed by atoms with van der Waals surface area (Å²) in [5.41, 5.74) is 8.68. The van der Waals surface area contributed by atoms with Crippen LogP contribution in [0.1, 0.15) is 37.3 Å². The fourth-order valence-corrected chi connectivity index (χ4v) is 2.85. The Hall–Kier alpha value is -3.36. The van der Waals surface area contributed by atoms with E-state index in [1.807, 2.05) is 24.3 Å². The van der Waals surface area contributed by atoms with Gasteiger partial charge in [0.15, 0.2) is 17.0 Å². The number of nitrogens with zero attached hydrogens (tertiary/aromatic N) is 4. The van der Waals surface area contributed by atoms with Gasteiger partial charge in [-0.1, -0.05) is 37.6 Å². The molecule has 0 saturated carbocycles. The molecule has 9 nitrogen and oxygen atoms in total.